The largest absolute Gasteiger partial charge is 0.446 e. The molecule has 2 heterocycles. The summed E-state index contributed by atoms with van der Waals surface area (Å²) < 4.78 is 16.1. The first-order chi connectivity index (χ1) is 14.8. The molecule has 1 fully saturated rings. The molecular formula is C21H24BrNO8. The van der Waals surface area contributed by atoms with Crippen molar-refractivity contribution < 1.29 is 38.8 Å². The number of hydrogen-bond donors (Lipinski definition) is 2. The normalized spacial score (nSPS) is 27.1. The molecule has 0 radical (unpaired) electrons. The molecule has 1 aromatic carbocycles. The number of hydrogen-bond acceptors (Lipinski definition) is 8. The summed E-state index contributed by atoms with van der Waals surface area (Å²) in [6.07, 6.45) is -1.74. The Morgan fingerprint density at radius 1 is 1.32 bits per heavy atom. The predicted molar refractivity (Wildman–Crippen MR) is 111 cm³/mol. The van der Waals surface area contributed by atoms with Gasteiger partial charge in [0.25, 0.3) is 5.91 Å². The van der Waals surface area contributed by atoms with Gasteiger partial charge in [-0.1, -0.05) is 30.3 Å². The molecule has 2 aliphatic heterocycles. The van der Waals surface area contributed by atoms with Gasteiger partial charge in [0.2, 0.25) is 0 Å². The van der Waals surface area contributed by atoms with Crippen LogP contribution in [0.2, 0.25) is 0 Å². The van der Waals surface area contributed by atoms with Gasteiger partial charge in [0.05, 0.1) is 4.48 Å². The number of aliphatic hydroxyl groups excluding tert-OH is 1. The Morgan fingerprint density at radius 3 is 2.68 bits per heavy atom. The summed E-state index contributed by atoms with van der Waals surface area (Å²) in [7, 11) is 1.22. The Hall–Kier alpha value is -2.11. The van der Waals surface area contributed by atoms with E-state index in [4.69, 9.17) is 19.3 Å². The second-order valence-electron chi connectivity index (χ2n) is 7.27. The van der Waals surface area contributed by atoms with Crippen LogP contribution in [0.25, 0.3) is 0 Å². The molecule has 4 atom stereocenters. The highest BCUT2D eigenvalue weighted by Crippen LogP contribution is 2.37. The maximum absolute atomic E-state index is 13.3. The van der Waals surface area contributed by atoms with Crippen molar-refractivity contribution in [3.8, 4) is 0 Å². The maximum atomic E-state index is 13.3. The van der Waals surface area contributed by atoms with E-state index in [1.165, 1.54) is 7.11 Å². The van der Waals surface area contributed by atoms with E-state index in [0.717, 1.165) is 11.0 Å². The van der Waals surface area contributed by atoms with E-state index in [-0.39, 0.29) is 24.1 Å². The zero-order chi connectivity index (χ0) is 22.6. The second kappa shape index (κ2) is 10.0. The molecule has 0 saturated carbocycles. The molecule has 2 aliphatic rings. The lowest BCUT2D eigenvalue weighted by Crippen LogP contribution is -2.55. The lowest BCUT2D eigenvalue weighted by molar-refractivity contribution is -0.227. The molecule has 2 N–H and O–H groups in total. The molecule has 0 unspecified atom stereocenters. The smallest absolute Gasteiger partial charge is 0.417 e. The minimum Gasteiger partial charge on any atom is -0.446 e. The van der Waals surface area contributed by atoms with Gasteiger partial charge in [-0.3, -0.25) is 9.59 Å². The molecule has 0 bridgehead atoms. The highest BCUT2D eigenvalue weighted by Gasteiger charge is 2.50. The summed E-state index contributed by atoms with van der Waals surface area (Å²) >= 11 is 3.15. The predicted octanol–water partition coefficient (Wildman–Crippen LogP) is 1.82. The number of amides is 2. The first kappa shape index (κ1) is 23.6. The summed E-state index contributed by atoms with van der Waals surface area (Å²) in [5.41, 5.74) is 0.690. The molecule has 0 spiro atoms. The van der Waals surface area contributed by atoms with E-state index in [2.05, 4.69) is 15.9 Å². The van der Waals surface area contributed by atoms with Gasteiger partial charge in [-0.05, 0) is 40.4 Å². The topological polar surface area (TPSA) is 123 Å². The third-order valence-corrected chi connectivity index (χ3v) is 6.08. The lowest BCUT2D eigenvalue weighted by atomic mass is 9.98. The van der Waals surface area contributed by atoms with Crippen molar-refractivity contribution >= 4 is 33.7 Å². The summed E-state index contributed by atoms with van der Waals surface area (Å²) in [5.74, 6) is -3.26. The minimum atomic E-state index is -1.87. The standard InChI is InChI=1S/C21H24BrNO8/c1-29-18(17-15(25)11-16(22)21(28,31-17)9-5-6-10-24)19(26)23-14(12-30-20(23)27)13-7-3-2-4-8-13/h2-4,7-8,11,14,17-18,24,28H,5-6,9-10,12H2,1H3/t14-,17+,18+,21-/m1/s1. The van der Waals surface area contributed by atoms with Gasteiger partial charge in [0.1, 0.15) is 12.6 Å². The zero-order valence-corrected chi connectivity index (χ0v) is 18.5. The molecule has 2 amide bonds. The van der Waals surface area contributed by atoms with E-state index in [1.807, 2.05) is 6.07 Å². The van der Waals surface area contributed by atoms with Crippen LogP contribution in [-0.2, 0) is 23.8 Å². The van der Waals surface area contributed by atoms with Crippen LogP contribution in [0.1, 0.15) is 30.9 Å². The Balaban J connectivity index is 1.85. The number of carbonyl (C=O) groups excluding carboxylic acids is 3. The summed E-state index contributed by atoms with van der Waals surface area (Å²) in [6, 6.07) is 8.20. The average molecular weight is 498 g/mol. The van der Waals surface area contributed by atoms with Crippen LogP contribution in [-0.4, -0.2) is 71.2 Å². The van der Waals surface area contributed by atoms with Gasteiger partial charge in [0, 0.05) is 20.1 Å². The van der Waals surface area contributed by atoms with Crippen LogP contribution in [0, 0.1) is 0 Å². The lowest BCUT2D eigenvalue weighted by Gasteiger charge is -2.38. The molecule has 168 valence electrons. The van der Waals surface area contributed by atoms with Crippen LogP contribution in [0.4, 0.5) is 4.79 Å². The highest BCUT2D eigenvalue weighted by molar-refractivity contribution is 9.11. The molecule has 31 heavy (non-hydrogen) atoms. The number of nitrogens with zero attached hydrogens (tertiary/aromatic N) is 1. The molecule has 10 heteroatoms. The number of methoxy groups -OCH3 is 1. The van der Waals surface area contributed by atoms with Crippen molar-refractivity contribution in [1.29, 1.82) is 0 Å². The monoisotopic (exact) mass is 497 g/mol. The first-order valence-electron chi connectivity index (χ1n) is 9.82. The molecular weight excluding hydrogens is 474 g/mol. The van der Waals surface area contributed by atoms with Gasteiger partial charge in [-0.15, -0.1) is 0 Å². The minimum absolute atomic E-state index is 0.0267. The number of aliphatic hydroxyl groups is 2. The fourth-order valence-electron chi connectivity index (χ4n) is 3.59. The van der Waals surface area contributed by atoms with Crippen molar-refractivity contribution in [3.05, 3.63) is 46.5 Å². The van der Waals surface area contributed by atoms with Crippen molar-refractivity contribution in [2.45, 2.75) is 43.3 Å². The Labute approximate surface area is 187 Å². The highest BCUT2D eigenvalue weighted by atomic mass is 79.9. The van der Waals surface area contributed by atoms with Crippen LogP contribution < -0.4 is 0 Å². The Bertz CT molecular complexity index is 860. The number of unbranched alkanes of at least 4 members (excludes halogenated alkanes) is 1. The number of ketones is 1. The summed E-state index contributed by atoms with van der Waals surface area (Å²) in [5, 5.41) is 19.9. The third-order valence-electron chi connectivity index (χ3n) is 5.24. The maximum Gasteiger partial charge on any atom is 0.417 e. The first-order valence-corrected chi connectivity index (χ1v) is 10.6. The van der Waals surface area contributed by atoms with Gasteiger partial charge in [-0.25, -0.2) is 9.69 Å². The van der Waals surface area contributed by atoms with Crippen molar-refractivity contribution in [1.82, 2.24) is 4.90 Å². The number of carbonyl (C=O) groups is 3. The van der Waals surface area contributed by atoms with Crippen LogP contribution in [0.15, 0.2) is 40.9 Å². The SMILES string of the molecule is CO[C@H](C(=O)N1C(=O)OC[C@@H]1c1ccccc1)[C@H]1O[C@](O)(CCCCO)C(Br)=CC1=O. The van der Waals surface area contributed by atoms with Crippen LogP contribution in [0.5, 0.6) is 0 Å². The van der Waals surface area contributed by atoms with Crippen molar-refractivity contribution in [2.24, 2.45) is 0 Å². The van der Waals surface area contributed by atoms with E-state index < -0.39 is 41.8 Å². The average Bonchev–Trinajstić information content (AvgIpc) is 3.14. The number of rotatable bonds is 8. The number of benzene rings is 1. The summed E-state index contributed by atoms with van der Waals surface area (Å²) in [4.78, 5) is 39.2. The van der Waals surface area contributed by atoms with Crippen LogP contribution >= 0.6 is 15.9 Å². The van der Waals surface area contributed by atoms with E-state index in [1.54, 1.807) is 24.3 Å². The fourth-order valence-corrected chi connectivity index (χ4v) is 4.10. The molecule has 1 saturated heterocycles. The van der Waals surface area contributed by atoms with E-state index >= 15 is 0 Å². The number of halogens is 1. The van der Waals surface area contributed by atoms with Crippen LogP contribution in [0.3, 0.4) is 0 Å². The Kier molecular flexibility index (Phi) is 7.60. The quantitative estimate of drug-likeness (QED) is 0.521. The number of ether oxygens (including phenoxy) is 3. The second-order valence-corrected chi connectivity index (χ2v) is 8.12. The molecule has 9 nitrogen and oxygen atoms in total. The van der Waals surface area contributed by atoms with Gasteiger partial charge >= 0.3 is 6.09 Å². The zero-order valence-electron chi connectivity index (χ0n) is 16.9. The Morgan fingerprint density at radius 2 is 2.03 bits per heavy atom. The van der Waals surface area contributed by atoms with E-state index in [0.29, 0.717) is 18.4 Å². The fraction of sp³-hybridized carbons (Fsp3) is 0.476. The third kappa shape index (κ3) is 4.88. The molecule has 1 aromatic rings. The molecule has 0 aromatic heterocycles. The van der Waals surface area contributed by atoms with Gasteiger partial charge in [-0.2, -0.15) is 0 Å². The molecule has 0 aliphatic carbocycles. The summed E-state index contributed by atoms with van der Waals surface area (Å²) in [6.45, 7) is -0.0854. The number of imide groups is 1. The number of cyclic esters (lactones) is 1. The van der Waals surface area contributed by atoms with E-state index in [9.17, 15) is 19.5 Å². The van der Waals surface area contributed by atoms with Gasteiger partial charge < -0.3 is 24.4 Å². The van der Waals surface area contributed by atoms with Gasteiger partial charge in [0.15, 0.2) is 23.8 Å². The molecule has 3 rings (SSSR count). The van der Waals surface area contributed by atoms with Crippen molar-refractivity contribution in [3.63, 3.8) is 0 Å². The van der Waals surface area contributed by atoms with Crippen molar-refractivity contribution in [2.75, 3.05) is 20.3 Å².